The van der Waals surface area contributed by atoms with Gasteiger partial charge in [-0.15, -0.1) is 0 Å². The van der Waals surface area contributed by atoms with Crippen LogP contribution in [0.25, 0.3) is 10.9 Å². The predicted octanol–water partition coefficient (Wildman–Crippen LogP) is 2.61. The number of rotatable bonds is 4. The first-order valence-corrected chi connectivity index (χ1v) is 10.9. The lowest BCUT2D eigenvalue weighted by atomic mass is 9.61. The number of nitrogens with one attached hydrogen (secondary N) is 1. The molecule has 1 aromatic carbocycles. The molecule has 0 bridgehead atoms. The van der Waals surface area contributed by atoms with Crippen molar-refractivity contribution in [3.05, 3.63) is 28.3 Å². The Labute approximate surface area is 174 Å². The molecular weight excluding hydrogens is 389 g/mol. The van der Waals surface area contributed by atoms with Crippen LogP contribution in [0.15, 0.2) is 16.9 Å². The van der Waals surface area contributed by atoms with Crippen molar-refractivity contribution in [1.29, 1.82) is 0 Å². The lowest BCUT2D eigenvalue weighted by molar-refractivity contribution is -0.0465. The summed E-state index contributed by atoms with van der Waals surface area (Å²) in [5, 5.41) is 9.62. The minimum atomic E-state index is -0.615. The number of hydrogen-bond donors (Lipinski definition) is 2. The van der Waals surface area contributed by atoms with Gasteiger partial charge in [0.15, 0.2) is 0 Å². The molecule has 8 heteroatoms. The van der Waals surface area contributed by atoms with E-state index in [2.05, 4.69) is 9.97 Å². The summed E-state index contributed by atoms with van der Waals surface area (Å²) in [6.45, 7) is 3.50. The van der Waals surface area contributed by atoms with Crippen LogP contribution in [0.4, 0.5) is 10.3 Å². The molecule has 2 N–H and O–H groups in total. The summed E-state index contributed by atoms with van der Waals surface area (Å²) in [5.74, 6) is 0.654. The van der Waals surface area contributed by atoms with E-state index in [1.807, 2.05) is 4.90 Å². The maximum Gasteiger partial charge on any atom is 0.263 e. The molecule has 1 aliphatic carbocycles. The summed E-state index contributed by atoms with van der Waals surface area (Å²) in [5.41, 5.74) is 0.0857. The van der Waals surface area contributed by atoms with Crippen molar-refractivity contribution in [1.82, 2.24) is 9.97 Å². The summed E-state index contributed by atoms with van der Waals surface area (Å²) in [4.78, 5) is 21.9. The molecule has 0 amide bonds. The smallest absolute Gasteiger partial charge is 0.263 e. The molecule has 30 heavy (non-hydrogen) atoms. The summed E-state index contributed by atoms with van der Waals surface area (Å²) < 4.78 is 25.8. The topological polar surface area (TPSA) is 87.7 Å². The molecule has 162 valence electrons. The van der Waals surface area contributed by atoms with Gasteiger partial charge in [0.2, 0.25) is 5.95 Å². The maximum absolute atomic E-state index is 14.6. The Bertz CT molecular complexity index is 972. The molecule has 0 radical (unpaired) electrons. The van der Waals surface area contributed by atoms with Gasteiger partial charge in [0.25, 0.3) is 5.56 Å². The number of hydrogen-bond acceptors (Lipinski definition) is 6. The fourth-order valence-electron chi connectivity index (χ4n) is 5.09. The van der Waals surface area contributed by atoms with Gasteiger partial charge >= 0.3 is 0 Å². The largest absolute Gasteiger partial charge is 0.493 e. The zero-order chi connectivity index (χ0) is 20.7. The molecule has 0 unspecified atom stereocenters. The summed E-state index contributed by atoms with van der Waals surface area (Å²) in [6, 6.07) is 2.93. The third-order valence-electron chi connectivity index (χ3n) is 7.01. The second kappa shape index (κ2) is 7.81. The van der Waals surface area contributed by atoms with Crippen molar-refractivity contribution in [3.63, 3.8) is 0 Å². The Balaban J connectivity index is 1.34. The van der Waals surface area contributed by atoms with E-state index in [0.29, 0.717) is 29.7 Å². The van der Waals surface area contributed by atoms with Crippen LogP contribution < -0.4 is 15.2 Å². The summed E-state index contributed by atoms with van der Waals surface area (Å²) in [7, 11) is 0. The predicted molar refractivity (Wildman–Crippen MR) is 110 cm³/mol. The van der Waals surface area contributed by atoms with Crippen LogP contribution in [0.1, 0.15) is 38.5 Å². The Morgan fingerprint density at radius 2 is 2.00 bits per heavy atom. The van der Waals surface area contributed by atoms with Gasteiger partial charge < -0.3 is 19.5 Å². The van der Waals surface area contributed by atoms with Crippen molar-refractivity contribution in [2.24, 2.45) is 11.3 Å². The van der Waals surface area contributed by atoms with E-state index >= 15 is 0 Å². The number of aliphatic hydroxyl groups is 1. The van der Waals surface area contributed by atoms with Crippen LogP contribution in [0.5, 0.6) is 5.75 Å². The van der Waals surface area contributed by atoms with Gasteiger partial charge in [-0.1, -0.05) is 0 Å². The van der Waals surface area contributed by atoms with E-state index in [-0.39, 0.29) is 16.9 Å². The number of fused-ring (bicyclic) bond motifs is 1. The van der Waals surface area contributed by atoms with E-state index in [1.54, 1.807) is 6.07 Å². The number of halogens is 1. The second-order valence-electron chi connectivity index (χ2n) is 9.10. The van der Waals surface area contributed by atoms with Crippen LogP contribution in [0.2, 0.25) is 0 Å². The molecule has 0 atom stereocenters. The van der Waals surface area contributed by atoms with Gasteiger partial charge in [0.05, 0.1) is 18.2 Å². The van der Waals surface area contributed by atoms with Gasteiger partial charge in [-0.25, -0.2) is 9.37 Å². The van der Waals surface area contributed by atoms with Gasteiger partial charge in [-0.3, -0.25) is 9.78 Å². The molecule has 2 aromatic rings. The Morgan fingerprint density at radius 3 is 2.70 bits per heavy atom. The molecule has 3 heterocycles. The van der Waals surface area contributed by atoms with E-state index in [9.17, 15) is 14.3 Å². The number of anilines is 1. The third-order valence-corrected chi connectivity index (χ3v) is 7.01. The monoisotopic (exact) mass is 417 g/mol. The van der Waals surface area contributed by atoms with Gasteiger partial charge in [-0.05, 0) is 49.9 Å². The van der Waals surface area contributed by atoms with Gasteiger partial charge in [0.1, 0.15) is 17.0 Å². The number of H-pyrrole nitrogens is 1. The second-order valence-corrected chi connectivity index (χ2v) is 9.10. The molecule has 7 nitrogen and oxygen atoms in total. The fraction of sp³-hybridized carbons (Fsp3) is 0.636. The number of aliphatic hydroxyl groups excluding tert-OH is 1. The highest BCUT2D eigenvalue weighted by molar-refractivity contribution is 5.80. The summed E-state index contributed by atoms with van der Waals surface area (Å²) >= 11 is 0. The number of nitrogens with zero attached hydrogens (tertiary/aromatic N) is 2. The Hall–Kier alpha value is -2.19. The van der Waals surface area contributed by atoms with Crippen molar-refractivity contribution < 1.29 is 19.0 Å². The van der Waals surface area contributed by atoms with E-state index in [0.717, 1.165) is 64.8 Å². The standard InChI is InChI=1S/C22H28FN3O4/c23-17-9-16(30-13-14-1-7-29-8-2-14)10-18-19(17)20(28)25-21(24-18)26-5-3-22(4-6-26)11-15(27)12-22/h9-10,14-15,27H,1-8,11-13H2,(H,24,25,28). The highest BCUT2D eigenvalue weighted by atomic mass is 19.1. The van der Waals surface area contributed by atoms with Gasteiger partial charge in [-0.2, -0.15) is 0 Å². The molecule has 2 aliphatic heterocycles. The van der Waals surface area contributed by atoms with E-state index < -0.39 is 11.4 Å². The molecule has 1 saturated carbocycles. The first-order valence-electron chi connectivity index (χ1n) is 10.9. The van der Waals surface area contributed by atoms with Crippen LogP contribution >= 0.6 is 0 Å². The Kier molecular flexibility index (Phi) is 5.14. The minimum absolute atomic E-state index is 0.0345. The zero-order valence-corrected chi connectivity index (χ0v) is 17.0. The number of aromatic nitrogens is 2. The van der Waals surface area contributed by atoms with E-state index in [4.69, 9.17) is 9.47 Å². The van der Waals surface area contributed by atoms with Gasteiger partial charge in [0, 0.05) is 38.4 Å². The van der Waals surface area contributed by atoms with E-state index in [1.165, 1.54) is 6.07 Å². The normalized spacial score (nSPS) is 22.4. The van der Waals surface area contributed by atoms with Crippen molar-refractivity contribution in [2.45, 2.75) is 44.6 Å². The Morgan fingerprint density at radius 1 is 1.27 bits per heavy atom. The van der Waals surface area contributed by atoms with Crippen molar-refractivity contribution >= 4 is 16.9 Å². The minimum Gasteiger partial charge on any atom is -0.493 e. The number of ether oxygens (including phenoxy) is 2. The number of piperidine rings is 1. The number of aromatic amines is 1. The highest BCUT2D eigenvalue weighted by Gasteiger charge is 2.45. The average molecular weight is 417 g/mol. The molecule has 5 rings (SSSR count). The molecule has 2 saturated heterocycles. The van der Waals surface area contributed by atoms with Crippen LogP contribution in [-0.4, -0.2) is 54.1 Å². The first kappa shape index (κ1) is 19.8. The summed E-state index contributed by atoms with van der Waals surface area (Å²) in [6.07, 6.45) is 5.36. The maximum atomic E-state index is 14.6. The lowest BCUT2D eigenvalue weighted by Crippen LogP contribution is -2.49. The highest BCUT2D eigenvalue weighted by Crippen LogP contribution is 2.49. The fourth-order valence-corrected chi connectivity index (χ4v) is 5.09. The molecule has 3 fully saturated rings. The van der Waals surface area contributed by atoms with Crippen molar-refractivity contribution in [2.75, 3.05) is 37.8 Å². The first-order chi connectivity index (χ1) is 14.5. The van der Waals surface area contributed by atoms with Crippen LogP contribution in [0.3, 0.4) is 0 Å². The van der Waals surface area contributed by atoms with Crippen molar-refractivity contribution in [3.8, 4) is 5.75 Å². The van der Waals surface area contributed by atoms with Crippen LogP contribution in [0, 0.1) is 17.2 Å². The SMILES string of the molecule is O=c1[nH]c(N2CCC3(CC2)CC(O)C3)nc2cc(OCC3CCOCC3)cc(F)c12. The van der Waals surface area contributed by atoms with Crippen LogP contribution in [-0.2, 0) is 4.74 Å². The zero-order valence-electron chi connectivity index (χ0n) is 17.0. The number of benzene rings is 1. The molecule has 1 aromatic heterocycles. The molecular formula is C22H28FN3O4. The molecule has 1 spiro atoms. The molecule has 3 aliphatic rings. The average Bonchev–Trinajstić information content (AvgIpc) is 2.72. The lowest BCUT2D eigenvalue weighted by Gasteiger charge is -2.50. The quantitative estimate of drug-likeness (QED) is 0.795. The third kappa shape index (κ3) is 3.78.